The van der Waals surface area contributed by atoms with E-state index in [9.17, 15) is 8.42 Å². The van der Waals surface area contributed by atoms with Crippen LogP contribution in [-0.4, -0.2) is 26.3 Å². The molecule has 1 saturated carbocycles. The van der Waals surface area contributed by atoms with Gasteiger partial charge in [-0.2, -0.15) is 0 Å². The molecule has 5 heteroatoms. The Morgan fingerprint density at radius 2 is 2.00 bits per heavy atom. The molecular formula is C13H20N2O2S. The highest BCUT2D eigenvalue weighted by atomic mass is 32.2. The molecule has 0 bridgehead atoms. The summed E-state index contributed by atoms with van der Waals surface area (Å²) in [6.45, 7) is 4.59. The first-order valence-corrected chi connectivity index (χ1v) is 7.58. The van der Waals surface area contributed by atoms with Crippen LogP contribution < -0.4 is 5.73 Å². The fourth-order valence-corrected chi connectivity index (χ4v) is 3.55. The number of aryl methyl sites for hydroxylation is 1. The molecule has 1 aliphatic carbocycles. The zero-order chi connectivity index (χ0) is 13.5. The molecule has 1 aliphatic rings. The Morgan fingerprint density at radius 1 is 1.39 bits per heavy atom. The highest BCUT2D eigenvalue weighted by Gasteiger charge is 2.36. The molecule has 0 amide bonds. The van der Waals surface area contributed by atoms with Crippen molar-refractivity contribution in [2.45, 2.75) is 25.2 Å². The topological polar surface area (TPSA) is 63.4 Å². The smallest absolute Gasteiger partial charge is 0.242 e. The molecule has 2 atom stereocenters. The van der Waals surface area contributed by atoms with Crippen molar-refractivity contribution in [2.24, 2.45) is 11.8 Å². The Morgan fingerprint density at radius 3 is 2.50 bits per heavy atom. The number of hydrogen-bond donors (Lipinski definition) is 1. The van der Waals surface area contributed by atoms with Crippen LogP contribution in [0.1, 0.15) is 18.9 Å². The molecule has 0 heterocycles. The minimum atomic E-state index is -3.41. The standard InChI is InChI=1S/C13H20N2O2S/c1-9-4-12(14)7-13(5-9)18(16,17)15(3)8-11-6-10(11)2/h4-5,7,10-11H,6,8,14H2,1-3H3. The Balaban J connectivity index is 2.23. The summed E-state index contributed by atoms with van der Waals surface area (Å²) in [5.41, 5.74) is 7.06. The van der Waals surface area contributed by atoms with Crippen LogP contribution in [0.25, 0.3) is 0 Å². The van der Waals surface area contributed by atoms with Gasteiger partial charge in [-0.3, -0.25) is 0 Å². The van der Waals surface area contributed by atoms with Crippen LogP contribution >= 0.6 is 0 Å². The maximum atomic E-state index is 12.4. The minimum Gasteiger partial charge on any atom is -0.399 e. The summed E-state index contributed by atoms with van der Waals surface area (Å²) >= 11 is 0. The van der Waals surface area contributed by atoms with E-state index < -0.39 is 10.0 Å². The van der Waals surface area contributed by atoms with Gasteiger partial charge in [0.25, 0.3) is 0 Å². The van der Waals surface area contributed by atoms with Crippen LogP contribution in [0.3, 0.4) is 0 Å². The quantitative estimate of drug-likeness (QED) is 0.848. The van der Waals surface area contributed by atoms with Gasteiger partial charge in [0.15, 0.2) is 0 Å². The van der Waals surface area contributed by atoms with Gasteiger partial charge < -0.3 is 5.73 Å². The van der Waals surface area contributed by atoms with E-state index in [2.05, 4.69) is 6.92 Å². The maximum Gasteiger partial charge on any atom is 0.242 e. The maximum absolute atomic E-state index is 12.4. The largest absolute Gasteiger partial charge is 0.399 e. The number of nitrogens with two attached hydrogens (primary N) is 1. The summed E-state index contributed by atoms with van der Waals surface area (Å²) in [6.07, 6.45) is 1.12. The van der Waals surface area contributed by atoms with E-state index in [0.717, 1.165) is 12.0 Å². The third-order valence-electron chi connectivity index (χ3n) is 3.55. The van der Waals surface area contributed by atoms with Gasteiger partial charge in [0.2, 0.25) is 10.0 Å². The Hall–Kier alpha value is -1.07. The molecule has 2 unspecified atom stereocenters. The van der Waals surface area contributed by atoms with E-state index in [1.165, 1.54) is 10.4 Å². The van der Waals surface area contributed by atoms with E-state index in [1.807, 2.05) is 6.92 Å². The van der Waals surface area contributed by atoms with E-state index in [1.54, 1.807) is 19.2 Å². The van der Waals surface area contributed by atoms with Gasteiger partial charge in [-0.05, 0) is 48.9 Å². The lowest BCUT2D eigenvalue weighted by molar-refractivity contribution is 0.444. The average Bonchev–Trinajstić information content (AvgIpc) is 2.92. The summed E-state index contributed by atoms with van der Waals surface area (Å²) in [7, 11) is -1.77. The van der Waals surface area contributed by atoms with E-state index in [-0.39, 0.29) is 4.90 Å². The number of nitrogen functional groups attached to an aromatic ring is 1. The normalized spacial score (nSPS) is 23.3. The van der Waals surface area contributed by atoms with Gasteiger partial charge in [-0.25, -0.2) is 12.7 Å². The van der Waals surface area contributed by atoms with Crippen molar-refractivity contribution in [3.8, 4) is 0 Å². The predicted molar refractivity (Wildman–Crippen MR) is 72.7 cm³/mol. The molecule has 0 saturated heterocycles. The molecule has 2 rings (SSSR count). The van der Waals surface area contributed by atoms with Crippen molar-refractivity contribution in [3.63, 3.8) is 0 Å². The highest BCUT2D eigenvalue weighted by Crippen LogP contribution is 2.38. The van der Waals surface area contributed by atoms with Crippen molar-refractivity contribution < 1.29 is 8.42 Å². The molecule has 2 N–H and O–H groups in total. The Labute approximate surface area is 109 Å². The third-order valence-corrected chi connectivity index (χ3v) is 5.35. The molecule has 1 fully saturated rings. The lowest BCUT2D eigenvalue weighted by atomic mass is 10.2. The van der Waals surface area contributed by atoms with E-state index in [4.69, 9.17) is 5.73 Å². The lowest BCUT2D eigenvalue weighted by Crippen LogP contribution is -2.29. The summed E-state index contributed by atoms with van der Waals surface area (Å²) in [4.78, 5) is 0.288. The number of sulfonamides is 1. The van der Waals surface area contributed by atoms with Crippen LogP contribution in [0, 0.1) is 18.8 Å². The zero-order valence-corrected chi connectivity index (χ0v) is 11.9. The first-order valence-electron chi connectivity index (χ1n) is 6.14. The number of anilines is 1. The van der Waals surface area contributed by atoms with Crippen molar-refractivity contribution in [1.29, 1.82) is 0 Å². The molecule has 1 aromatic carbocycles. The second-order valence-corrected chi connectivity index (χ2v) is 7.38. The van der Waals surface area contributed by atoms with Gasteiger partial charge >= 0.3 is 0 Å². The molecule has 0 aliphatic heterocycles. The fraction of sp³-hybridized carbons (Fsp3) is 0.538. The molecule has 4 nitrogen and oxygen atoms in total. The third kappa shape index (κ3) is 2.67. The summed E-state index contributed by atoms with van der Waals surface area (Å²) < 4.78 is 26.2. The molecule has 1 aromatic rings. The molecule has 0 radical (unpaired) electrons. The zero-order valence-electron chi connectivity index (χ0n) is 11.1. The van der Waals surface area contributed by atoms with Gasteiger partial charge in [0.1, 0.15) is 0 Å². The molecule has 100 valence electrons. The molecule has 0 aromatic heterocycles. The second-order valence-electron chi connectivity index (χ2n) is 5.34. The van der Waals surface area contributed by atoms with Gasteiger partial charge in [0, 0.05) is 19.3 Å². The SMILES string of the molecule is Cc1cc(N)cc(S(=O)(=O)N(C)CC2CC2C)c1. The van der Waals surface area contributed by atoms with Crippen LogP contribution in [0.2, 0.25) is 0 Å². The van der Waals surface area contributed by atoms with Crippen LogP contribution in [0.4, 0.5) is 5.69 Å². The van der Waals surface area contributed by atoms with E-state index >= 15 is 0 Å². The van der Waals surface area contributed by atoms with Gasteiger partial charge in [-0.1, -0.05) is 6.92 Å². The Bertz CT molecular complexity index is 534. The van der Waals surface area contributed by atoms with Crippen molar-refractivity contribution >= 4 is 15.7 Å². The summed E-state index contributed by atoms with van der Waals surface area (Å²) in [5, 5.41) is 0. The predicted octanol–water partition coefficient (Wildman–Crippen LogP) is 1.85. The average molecular weight is 268 g/mol. The van der Waals surface area contributed by atoms with E-state index in [0.29, 0.717) is 24.1 Å². The van der Waals surface area contributed by atoms with Gasteiger partial charge in [0.05, 0.1) is 4.90 Å². The Kier molecular flexibility index (Phi) is 3.38. The molecule has 0 spiro atoms. The number of hydrogen-bond acceptors (Lipinski definition) is 3. The van der Waals surface area contributed by atoms with Crippen molar-refractivity contribution in [2.75, 3.05) is 19.3 Å². The lowest BCUT2D eigenvalue weighted by Gasteiger charge is -2.17. The van der Waals surface area contributed by atoms with Crippen LogP contribution in [-0.2, 0) is 10.0 Å². The van der Waals surface area contributed by atoms with Crippen molar-refractivity contribution in [3.05, 3.63) is 23.8 Å². The molecular weight excluding hydrogens is 248 g/mol. The summed E-state index contributed by atoms with van der Waals surface area (Å²) in [6, 6.07) is 4.95. The first kappa shape index (κ1) is 13.4. The molecule has 18 heavy (non-hydrogen) atoms. The van der Waals surface area contributed by atoms with Gasteiger partial charge in [-0.15, -0.1) is 0 Å². The first-order chi connectivity index (χ1) is 8.30. The van der Waals surface area contributed by atoms with Crippen molar-refractivity contribution in [1.82, 2.24) is 4.31 Å². The fourth-order valence-electron chi connectivity index (χ4n) is 2.19. The number of rotatable bonds is 4. The monoisotopic (exact) mass is 268 g/mol. The van der Waals surface area contributed by atoms with Crippen LogP contribution in [0.5, 0.6) is 0 Å². The number of benzene rings is 1. The summed E-state index contributed by atoms with van der Waals surface area (Å²) in [5.74, 6) is 1.15. The number of nitrogens with zero attached hydrogens (tertiary/aromatic N) is 1. The van der Waals surface area contributed by atoms with Crippen LogP contribution in [0.15, 0.2) is 23.1 Å². The highest BCUT2D eigenvalue weighted by molar-refractivity contribution is 7.89. The minimum absolute atomic E-state index is 0.288. The second kappa shape index (κ2) is 4.55.